The standard InChI is InChI=1S/C16H19BrN2S/c1-11(18)13-2-5-16(15(17)8-13)19(14-3-4-14)9-12-6-7-20-10-12/h2,5-8,10-11,14H,3-4,9,18H2,1H3/t11-/m0/s1. The second-order valence-corrected chi connectivity index (χ2v) is 7.12. The maximum Gasteiger partial charge on any atom is 0.0516 e. The monoisotopic (exact) mass is 350 g/mol. The molecule has 106 valence electrons. The number of halogens is 1. The third kappa shape index (κ3) is 3.08. The summed E-state index contributed by atoms with van der Waals surface area (Å²) < 4.78 is 1.15. The third-order valence-electron chi connectivity index (χ3n) is 3.73. The van der Waals surface area contributed by atoms with E-state index in [0.717, 1.165) is 11.0 Å². The number of thiophene rings is 1. The van der Waals surface area contributed by atoms with Crippen molar-refractivity contribution in [2.45, 2.75) is 38.4 Å². The molecule has 1 heterocycles. The predicted octanol–water partition coefficient (Wildman–Crippen LogP) is 4.70. The van der Waals surface area contributed by atoms with Gasteiger partial charge in [-0.25, -0.2) is 0 Å². The Labute approximate surface area is 132 Å². The number of hydrogen-bond donors (Lipinski definition) is 1. The number of hydrogen-bond acceptors (Lipinski definition) is 3. The topological polar surface area (TPSA) is 29.3 Å². The first kappa shape index (κ1) is 14.1. The summed E-state index contributed by atoms with van der Waals surface area (Å²) in [6, 6.07) is 9.48. The summed E-state index contributed by atoms with van der Waals surface area (Å²) in [5.74, 6) is 0. The van der Waals surface area contributed by atoms with Gasteiger partial charge < -0.3 is 10.6 Å². The molecule has 0 radical (unpaired) electrons. The van der Waals surface area contributed by atoms with Crippen molar-refractivity contribution in [3.63, 3.8) is 0 Å². The van der Waals surface area contributed by atoms with E-state index in [1.807, 2.05) is 6.92 Å². The minimum Gasteiger partial charge on any atom is -0.363 e. The maximum atomic E-state index is 5.96. The Morgan fingerprint density at radius 1 is 1.40 bits per heavy atom. The van der Waals surface area contributed by atoms with Crippen LogP contribution < -0.4 is 10.6 Å². The van der Waals surface area contributed by atoms with Gasteiger partial charge >= 0.3 is 0 Å². The number of rotatable bonds is 5. The van der Waals surface area contributed by atoms with E-state index in [4.69, 9.17) is 5.73 Å². The highest BCUT2D eigenvalue weighted by Crippen LogP contribution is 2.38. The second-order valence-electron chi connectivity index (χ2n) is 5.49. The molecule has 1 aromatic carbocycles. The van der Waals surface area contributed by atoms with Crippen LogP contribution in [-0.2, 0) is 6.54 Å². The molecule has 20 heavy (non-hydrogen) atoms. The first-order chi connectivity index (χ1) is 9.65. The molecule has 2 N–H and O–H groups in total. The normalized spacial score (nSPS) is 16.1. The summed E-state index contributed by atoms with van der Waals surface area (Å²) in [6.45, 7) is 3.01. The summed E-state index contributed by atoms with van der Waals surface area (Å²) in [5, 5.41) is 4.38. The van der Waals surface area contributed by atoms with Crippen molar-refractivity contribution in [1.82, 2.24) is 0 Å². The second kappa shape index (κ2) is 5.88. The highest BCUT2D eigenvalue weighted by Gasteiger charge is 2.30. The van der Waals surface area contributed by atoms with Crippen LogP contribution in [0.4, 0.5) is 5.69 Å². The molecule has 0 spiro atoms. The fraction of sp³-hybridized carbons (Fsp3) is 0.375. The molecule has 1 aliphatic rings. The highest BCUT2D eigenvalue weighted by molar-refractivity contribution is 9.10. The number of nitrogens with two attached hydrogens (primary N) is 1. The molecule has 0 unspecified atom stereocenters. The average molecular weight is 351 g/mol. The van der Waals surface area contributed by atoms with E-state index in [2.05, 4.69) is 55.9 Å². The quantitative estimate of drug-likeness (QED) is 0.846. The Kier molecular flexibility index (Phi) is 4.15. The lowest BCUT2D eigenvalue weighted by Crippen LogP contribution is -2.25. The van der Waals surface area contributed by atoms with Gasteiger partial charge in [-0.2, -0.15) is 11.3 Å². The zero-order valence-electron chi connectivity index (χ0n) is 11.6. The maximum absolute atomic E-state index is 5.96. The van der Waals surface area contributed by atoms with Crippen molar-refractivity contribution in [3.8, 4) is 0 Å². The fourth-order valence-corrected chi connectivity index (χ4v) is 3.70. The molecule has 2 nitrogen and oxygen atoms in total. The molecule has 2 aromatic rings. The lowest BCUT2D eigenvalue weighted by Gasteiger charge is -2.26. The van der Waals surface area contributed by atoms with Gasteiger partial charge in [0.2, 0.25) is 0 Å². The molecule has 3 rings (SSSR count). The molecule has 0 bridgehead atoms. The van der Waals surface area contributed by atoms with Gasteiger partial charge in [0.05, 0.1) is 5.69 Å². The molecule has 1 aromatic heterocycles. The molecule has 1 saturated carbocycles. The van der Waals surface area contributed by atoms with Crippen LogP contribution in [0.2, 0.25) is 0 Å². The van der Waals surface area contributed by atoms with Crippen LogP contribution in [0, 0.1) is 0 Å². The van der Waals surface area contributed by atoms with Gasteiger partial charge in [0.25, 0.3) is 0 Å². The lowest BCUT2D eigenvalue weighted by molar-refractivity contribution is 0.788. The van der Waals surface area contributed by atoms with Crippen LogP contribution in [0.25, 0.3) is 0 Å². The van der Waals surface area contributed by atoms with Gasteiger partial charge in [-0.05, 0) is 75.8 Å². The van der Waals surface area contributed by atoms with E-state index in [9.17, 15) is 0 Å². The van der Waals surface area contributed by atoms with Crippen LogP contribution in [0.3, 0.4) is 0 Å². The molecular weight excluding hydrogens is 332 g/mol. The van der Waals surface area contributed by atoms with Gasteiger partial charge in [-0.3, -0.25) is 0 Å². The third-order valence-corrected chi connectivity index (χ3v) is 5.09. The lowest BCUT2D eigenvalue weighted by atomic mass is 10.1. The molecule has 1 fully saturated rings. The van der Waals surface area contributed by atoms with E-state index in [1.165, 1.54) is 29.7 Å². The summed E-state index contributed by atoms with van der Waals surface area (Å²) in [7, 11) is 0. The molecule has 0 amide bonds. The summed E-state index contributed by atoms with van der Waals surface area (Å²) in [6.07, 6.45) is 2.59. The number of benzene rings is 1. The molecule has 0 saturated heterocycles. The van der Waals surface area contributed by atoms with E-state index < -0.39 is 0 Å². The molecule has 1 aliphatic carbocycles. The van der Waals surface area contributed by atoms with Crippen LogP contribution in [0.1, 0.15) is 36.9 Å². The van der Waals surface area contributed by atoms with Gasteiger partial charge in [-0.1, -0.05) is 6.07 Å². The first-order valence-electron chi connectivity index (χ1n) is 6.98. The Balaban J connectivity index is 1.87. The minimum absolute atomic E-state index is 0.0756. The zero-order chi connectivity index (χ0) is 14.1. The van der Waals surface area contributed by atoms with Crippen molar-refractivity contribution in [1.29, 1.82) is 0 Å². The minimum atomic E-state index is 0.0756. The highest BCUT2D eigenvalue weighted by atomic mass is 79.9. The van der Waals surface area contributed by atoms with Crippen molar-refractivity contribution < 1.29 is 0 Å². The summed E-state index contributed by atoms with van der Waals surface area (Å²) in [5.41, 5.74) is 9.80. The van der Waals surface area contributed by atoms with Crippen LogP contribution in [0.5, 0.6) is 0 Å². The molecular formula is C16H19BrN2S. The zero-order valence-corrected chi connectivity index (χ0v) is 14.0. The average Bonchev–Trinajstić information content (AvgIpc) is 3.14. The van der Waals surface area contributed by atoms with Crippen molar-refractivity contribution in [2.24, 2.45) is 5.73 Å². The van der Waals surface area contributed by atoms with Gasteiger partial charge in [0.15, 0.2) is 0 Å². The largest absolute Gasteiger partial charge is 0.363 e. The SMILES string of the molecule is C[C@H](N)c1ccc(N(Cc2ccsc2)C2CC2)c(Br)c1. The first-order valence-corrected chi connectivity index (χ1v) is 8.71. The van der Waals surface area contributed by atoms with Crippen LogP contribution in [-0.4, -0.2) is 6.04 Å². The van der Waals surface area contributed by atoms with E-state index in [0.29, 0.717) is 6.04 Å². The predicted molar refractivity (Wildman–Crippen MR) is 90.3 cm³/mol. The van der Waals surface area contributed by atoms with E-state index >= 15 is 0 Å². The van der Waals surface area contributed by atoms with E-state index in [-0.39, 0.29) is 6.04 Å². The fourth-order valence-electron chi connectivity index (χ4n) is 2.42. The number of anilines is 1. The Morgan fingerprint density at radius 2 is 2.20 bits per heavy atom. The van der Waals surface area contributed by atoms with E-state index in [1.54, 1.807) is 11.3 Å². The molecule has 4 heteroatoms. The Morgan fingerprint density at radius 3 is 2.75 bits per heavy atom. The smallest absolute Gasteiger partial charge is 0.0516 e. The van der Waals surface area contributed by atoms with Crippen molar-refractivity contribution >= 4 is 33.0 Å². The summed E-state index contributed by atoms with van der Waals surface area (Å²) >= 11 is 5.49. The van der Waals surface area contributed by atoms with Gasteiger partial charge in [0, 0.05) is 23.1 Å². The number of nitrogens with zero attached hydrogens (tertiary/aromatic N) is 1. The van der Waals surface area contributed by atoms with Gasteiger partial charge in [-0.15, -0.1) is 0 Å². The van der Waals surface area contributed by atoms with Crippen LogP contribution >= 0.6 is 27.3 Å². The Hall–Kier alpha value is -0.840. The summed E-state index contributed by atoms with van der Waals surface area (Å²) in [4.78, 5) is 2.51. The molecule has 1 atom stereocenters. The van der Waals surface area contributed by atoms with Gasteiger partial charge in [0.1, 0.15) is 0 Å². The van der Waals surface area contributed by atoms with Crippen molar-refractivity contribution in [2.75, 3.05) is 4.90 Å². The van der Waals surface area contributed by atoms with Crippen LogP contribution in [0.15, 0.2) is 39.5 Å². The van der Waals surface area contributed by atoms with Crippen molar-refractivity contribution in [3.05, 3.63) is 50.6 Å². The Bertz CT molecular complexity index is 576. The molecule has 0 aliphatic heterocycles.